The largest absolute Gasteiger partial charge is 0.576 e. The quantitative estimate of drug-likeness (QED) is 0.697. The number of hydrogen-bond acceptors (Lipinski definition) is 4. The van der Waals surface area contributed by atoms with Crippen molar-refractivity contribution in [2.24, 2.45) is 0 Å². The summed E-state index contributed by atoms with van der Waals surface area (Å²) in [6.45, 7) is 4.34. The van der Waals surface area contributed by atoms with Crippen LogP contribution in [0.1, 0.15) is 13.8 Å². The predicted molar refractivity (Wildman–Crippen MR) is 83.5 cm³/mol. The SMILES string of the molecule is CCOc1cc(F)ccc1OBOc1ccc(F)cc1OCC. The first-order valence-electron chi connectivity index (χ1n) is 7.24. The van der Waals surface area contributed by atoms with Gasteiger partial charge in [-0.1, -0.05) is 0 Å². The minimum atomic E-state index is -0.418. The lowest BCUT2D eigenvalue weighted by Crippen LogP contribution is -2.13. The molecule has 0 aliphatic rings. The fourth-order valence-corrected chi connectivity index (χ4v) is 1.90. The molecule has 0 aliphatic heterocycles. The molecule has 0 spiro atoms. The van der Waals surface area contributed by atoms with E-state index in [1.54, 1.807) is 13.8 Å². The van der Waals surface area contributed by atoms with Gasteiger partial charge < -0.3 is 18.8 Å². The first-order valence-corrected chi connectivity index (χ1v) is 7.24. The molecule has 0 amide bonds. The van der Waals surface area contributed by atoms with Gasteiger partial charge in [-0.25, -0.2) is 8.78 Å². The van der Waals surface area contributed by atoms with Gasteiger partial charge in [-0.3, -0.25) is 0 Å². The van der Waals surface area contributed by atoms with Crippen LogP contribution in [0.2, 0.25) is 0 Å². The predicted octanol–water partition coefficient (Wildman–Crippen LogP) is 3.49. The maximum absolute atomic E-state index is 13.2. The van der Waals surface area contributed by atoms with Crippen LogP contribution in [0.4, 0.5) is 8.78 Å². The van der Waals surface area contributed by atoms with Gasteiger partial charge >= 0.3 is 7.69 Å². The number of hydrogen-bond donors (Lipinski definition) is 0. The van der Waals surface area contributed by atoms with Crippen molar-refractivity contribution in [3.8, 4) is 23.0 Å². The van der Waals surface area contributed by atoms with Crippen molar-refractivity contribution < 1.29 is 27.6 Å². The molecular formula is C16H17BF2O4. The van der Waals surface area contributed by atoms with E-state index in [0.717, 1.165) is 0 Å². The molecule has 0 saturated carbocycles. The van der Waals surface area contributed by atoms with Gasteiger partial charge in [-0.2, -0.15) is 0 Å². The van der Waals surface area contributed by atoms with Crippen molar-refractivity contribution in [3.63, 3.8) is 0 Å². The van der Waals surface area contributed by atoms with E-state index in [9.17, 15) is 8.78 Å². The van der Waals surface area contributed by atoms with E-state index in [-0.39, 0.29) is 7.69 Å². The fourth-order valence-electron chi connectivity index (χ4n) is 1.90. The molecule has 0 aliphatic carbocycles. The van der Waals surface area contributed by atoms with Gasteiger partial charge in [0.1, 0.15) is 23.1 Å². The molecule has 0 N–H and O–H groups in total. The molecule has 2 rings (SSSR count). The second-order valence-corrected chi connectivity index (χ2v) is 4.45. The number of rotatable bonds is 8. The summed E-state index contributed by atoms with van der Waals surface area (Å²) >= 11 is 0. The average Bonchev–Trinajstić information content (AvgIpc) is 2.52. The second kappa shape index (κ2) is 8.26. The maximum atomic E-state index is 13.2. The Kier molecular flexibility index (Phi) is 6.08. The Morgan fingerprint density at radius 1 is 0.739 bits per heavy atom. The van der Waals surface area contributed by atoms with Crippen molar-refractivity contribution >= 4 is 7.69 Å². The highest BCUT2D eigenvalue weighted by molar-refractivity contribution is 6.21. The Hall–Kier alpha value is -2.44. The molecular weight excluding hydrogens is 305 g/mol. The second-order valence-electron chi connectivity index (χ2n) is 4.45. The van der Waals surface area contributed by atoms with E-state index in [1.807, 2.05) is 0 Å². The molecule has 2 aromatic carbocycles. The molecule has 7 heteroatoms. The molecule has 0 radical (unpaired) electrons. The molecule has 0 aromatic heterocycles. The third kappa shape index (κ3) is 4.77. The monoisotopic (exact) mass is 322 g/mol. The Bertz CT molecular complexity index is 596. The van der Waals surface area contributed by atoms with E-state index >= 15 is 0 Å². The van der Waals surface area contributed by atoms with Crippen molar-refractivity contribution in [1.82, 2.24) is 0 Å². The van der Waals surface area contributed by atoms with E-state index in [0.29, 0.717) is 36.2 Å². The molecule has 4 nitrogen and oxygen atoms in total. The third-order valence-corrected chi connectivity index (χ3v) is 2.84. The summed E-state index contributed by atoms with van der Waals surface area (Å²) in [5, 5.41) is 0. The van der Waals surface area contributed by atoms with Crippen molar-refractivity contribution in [2.45, 2.75) is 13.8 Å². The van der Waals surface area contributed by atoms with Crippen molar-refractivity contribution in [3.05, 3.63) is 48.0 Å². The van der Waals surface area contributed by atoms with Crippen LogP contribution in [0.3, 0.4) is 0 Å². The van der Waals surface area contributed by atoms with Crippen LogP contribution >= 0.6 is 0 Å². The summed E-state index contributed by atoms with van der Waals surface area (Å²) in [4.78, 5) is 0. The molecule has 0 heterocycles. The maximum Gasteiger partial charge on any atom is 0.576 e. The van der Waals surface area contributed by atoms with Crippen LogP contribution in [-0.2, 0) is 0 Å². The van der Waals surface area contributed by atoms with Gasteiger partial charge in [0.05, 0.1) is 13.2 Å². The van der Waals surface area contributed by atoms with E-state index < -0.39 is 11.6 Å². The van der Waals surface area contributed by atoms with Gasteiger partial charge in [0.15, 0.2) is 11.5 Å². The third-order valence-electron chi connectivity index (χ3n) is 2.84. The van der Waals surface area contributed by atoms with Crippen LogP contribution in [0.25, 0.3) is 0 Å². The summed E-state index contributed by atoms with van der Waals surface area (Å²) in [5.41, 5.74) is 0. The molecule has 0 saturated heterocycles. The van der Waals surface area contributed by atoms with Crippen LogP contribution < -0.4 is 18.8 Å². The number of ether oxygens (including phenoxy) is 2. The molecule has 23 heavy (non-hydrogen) atoms. The highest BCUT2D eigenvalue weighted by Crippen LogP contribution is 2.30. The van der Waals surface area contributed by atoms with Crippen LogP contribution in [0.15, 0.2) is 36.4 Å². The van der Waals surface area contributed by atoms with Gasteiger partial charge in [0.25, 0.3) is 0 Å². The molecule has 2 aromatic rings. The van der Waals surface area contributed by atoms with Gasteiger partial charge in [-0.05, 0) is 38.1 Å². The zero-order valence-electron chi connectivity index (χ0n) is 13.0. The van der Waals surface area contributed by atoms with Gasteiger partial charge in [-0.15, -0.1) is 0 Å². The lowest BCUT2D eigenvalue weighted by atomic mass is 10.2. The van der Waals surface area contributed by atoms with Crippen molar-refractivity contribution in [1.29, 1.82) is 0 Å². The Morgan fingerprint density at radius 3 is 1.57 bits per heavy atom. The summed E-state index contributed by atoms with van der Waals surface area (Å²) in [6.07, 6.45) is 0. The molecule has 0 bridgehead atoms. The standard InChI is InChI=1S/C16H17BF2O4/c1-3-20-15-9-11(18)5-7-13(15)22-17-23-14-8-6-12(19)10-16(14)21-4-2/h5-10,17H,3-4H2,1-2H3. The minimum absolute atomic E-state index is 0.155. The topological polar surface area (TPSA) is 36.9 Å². The summed E-state index contributed by atoms with van der Waals surface area (Å²) in [7, 11) is -0.155. The zero-order valence-corrected chi connectivity index (χ0v) is 13.0. The summed E-state index contributed by atoms with van der Waals surface area (Å²) < 4.78 is 47.9. The van der Waals surface area contributed by atoms with Crippen LogP contribution in [0, 0.1) is 11.6 Å². The average molecular weight is 322 g/mol. The zero-order chi connectivity index (χ0) is 16.7. The summed E-state index contributed by atoms with van der Waals surface area (Å²) in [5.74, 6) is 0.458. The normalized spacial score (nSPS) is 10.1. The Morgan fingerprint density at radius 2 is 1.17 bits per heavy atom. The number of benzene rings is 2. The molecule has 0 fully saturated rings. The Balaban J connectivity index is 2.03. The smallest absolute Gasteiger partial charge is 0.526 e. The molecule has 122 valence electrons. The van der Waals surface area contributed by atoms with Gasteiger partial charge in [0, 0.05) is 12.1 Å². The minimum Gasteiger partial charge on any atom is -0.526 e. The fraction of sp³-hybridized carbons (Fsp3) is 0.250. The van der Waals surface area contributed by atoms with E-state index in [1.165, 1.54) is 36.4 Å². The van der Waals surface area contributed by atoms with Crippen LogP contribution in [0.5, 0.6) is 23.0 Å². The molecule has 0 atom stereocenters. The highest BCUT2D eigenvalue weighted by Gasteiger charge is 2.11. The van der Waals surface area contributed by atoms with Crippen LogP contribution in [-0.4, -0.2) is 20.9 Å². The Labute approximate surface area is 134 Å². The van der Waals surface area contributed by atoms with Crippen molar-refractivity contribution in [2.75, 3.05) is 13.2 Å². The highest BCUT2D eigenvalue weighted by atomic mass is 19.1. The first kappa shape index (κ1) is 16.9. The lowest BCUT2D eigenvalue weighted by Gasteiger charge is -2.14. The van der Waals surface area contributed by atoms with E-state index in [4.69, 9.17) is 18.8 Å². The van der Waals surface area contributed by atoms with E-state index in [2.05, 4.69) is 0 Å². The van der Waals surface area contributed by atoms with Gasteiger partial charge in [0.2, 0.25) is 0 Å². The summed E-state index contributed by atoms with van der Waals surface area (Å²) in [6, 6.07) is 7.92. The lowest BCUT2D eigenvalue weighted by molar-refractivity contribution is 0.315. The molecule has 0 unspecified atom stereocenters. The first-order chi connectivity index (χ1) is 11.1. The number of halogens is 2.